The molecule has 140 valence electrons. The molecule has 28 heavy (non-hydrogen) atoms. The molecule has 0 spiro atoms. The lowest BCUT2D eigenvalue weighted by Crippen LogP contribution is -2.27. The summed E-state index contributed by atoms with van der Waals surface area (Å²) < 4.78 is 13.3. The summed E-state index contributed by atoms with van der Waals surface area (Å²) in [6, 6.07) is 12.6. The number of aryl methyl sites for hydroxylation is 1. The molecule has 1 aliphatic rings. The number of amides is 1. The second kappa shape index (κ2) is 6.60. The van der Waals surface area contributed by atoms with E-state index >= 15 is 0 Å². The summed E-state index contributed by atoms with van der Waals surface area (Å²) in [7, 11) is 0. The van der Waals surface area contributed by atoms with Crippen LogP contribution in [0.4, 0.5) is 4.39 Å². The average Bonchev–Trinajstić information content (AvgIpc) is 3.31. The van der Waals surface area contributed by atoms with E-state index in [0.717, 1.165) is 29.7 Å². The van der Waals surface area contributed by atoms with Crippen molar-refractivity contribution in [3.05, 3.63) is 70.9 Å². The van der Waals surface area contributed by atoms with Crippen LogP contribution in [-0.2, 0) is 19.3 Å². The molecule has 0 bridgehead atoms. The number of fused-ring (bicyclic) bond motifs is 4. The van der Waals surface area contributed by atoms with E-state index in [9.17, 15) is 9.18 Å². The molecule has 0 saturated heterocycles. The highest BCUT2D eigenvalue weighted by Crippen LogP contribution is 2.33. The quantitative estimate of drug-likeness (QED) is 0.512. The third-order valence-electron chi connectivity index (χ3n) is 5.15. The fourth-order valence-electron chi connectivity index (χ4n) is 3.78. The van der Waals surface area contributed by atoms with E-state index in [-0.39, 0.29) is 11.7 Å². The van der Waals surface area contributed by atoms with Gasteiger partial charge in [-0.15, -0.1) is 0 Å². The monoisotopic (exact) mass is 375 g/mol. The predicted molar refractivity (Wildman–Crippen MR) is 104 cm³/mol. The van der Waals surface area contributed by atoms with Gasteiger partial charge in [0.05, 0.1) is 16.7 Å². The van der Waals surface area contributed by atoms with E-state index in [1.807, 2.05) is 18.2 Å². The van der Waals surface area contributed by atoms with Crippen LogP contribution in [0.2, 0.25) is 0 Å². The molecule has 2 heterocycles. The molecule has 0 aliphatic heterocycles. The first-order chi connectivity index (χ1) is 13.7. The maximum Gasteiger partial charge on any atom is 0.269 e. The summed E-state index contributed by atoms with van der Waals surface area (Å²) >= 11 is 0. The fraction of sp³-hybridized carbons (Fsp3) is 0.190. The summed E-state index contributed by atoms with van der Waals surface area (Å²) in [5.41, 5.74) is 6.08. The maximum absolute atomic E-state index is 13.3. The normalized spacial score (nSPS) is 12.6. The van der Waals surface area contributed by atoms with Crippen LogP contribution in [0.3, 0.4) is 0 Å². The first-order valence-electron chi connectivity index (χ1n) is 9.27. The lowest BCUT2D eigenvalue weighted by atomic mass is 9.89. The number of benzene rings is 2. The molecule has 2 aromatic carbocycles. The van der Waals surface area contributed by atoms with E-state index < -0.39 is 0 Å². The maximum atomic E-state index is 13.3. The number of nitrogens with zero attached hydrogens (tertiary/aromatic N) is 2. The molecule has 1 amide bonds. The van der Waals surface area contributed by atoms with Crippen LogP contribution >= 0.6 is 0 Å². The second-order valence-electron chi connectivity index (χ2n) is 6.93. The average molecular weight is 375 g/mol. The third-order valence-corrected chi connectivity index (χ3v) is 5.15. The Labute approximate surface area is 160 Å². The molecular weight excluding hydrogens is 357 g/mol. The smallest absolute Gasteiger partial charge is 0.269 e. The van der Waals surface area contributed by atoms with Crippen LogP contribution in [0.1, 0.15) is 27.4 Å². The van der Waals surface area contributed by atoms with Crippen molar-refractivity contribution in [3.63, 3.8) is 0 Å². The Bertz CT molecular complexity index is 1190. The molecule has 2 aromatic heterocycles. The van der Waals surface area contributed by atoms with Crippen molar-refractivity contribution in [3.8, 4) is 11.3 Å². The first kappa shape index (κ1) is 16.7. The molecular formula is C21H18FN5O. The van der Waals surface area contributed by atoms with Crippen molar-refractivity contribution in [1.82, 2.24) is 25.5 Å². The van der Waals surface area contributed by atoms with Gasteiger partial charge < -0.3 is 10.3 Å². The van der Waals surface area contributed by atoms with Gasteiger partial charge in [-0.05, 0) is 36.6 Å². The number of H-pyrrole nitrogens is 2. The molecule has 4 aromatic rings. The highest BCUT2D eigenvalue weighted by Gasteiger charge is 2.24. The Hall–Kier alpha value is -3.48. The van der Waals surface area contributed by atoms with Crippen molar-refractivity contribution in [1.29, 1.82) is 0 Å². The van der Waals surface area contributed by atoms with E-state index in [0.29, 0.717) is 35.5 Å². The highest BCUT2D eigenvalue weighted by molar-refractivity contribution is 5.96. The van der Waals surface area contributed by atoms with Gasteiger partial charge in [0.1, 0.15) is 17.3 Å². The number of nitrogens with one attached hydrogen (secondary N) is 3. The van der Waals surface area contributed by atoms with E-state index in [4.69, 9.17) is 0 Å². The molecule has 0 unspecified atom stereocenters. The van der Waals surface area contributed by atoms with Crippen LogP contribution in [0.5, 0.6) is 0 Å². The van der Waals surface area contributed by atoms with Gasteiger partial charge in [-0.25, -0.2) is 9.37 Å². The van der Waals surface area contributed by atoms with E-state index in [1.54, 1.807) is 6.07 Å². The van der Waals surface area contributed by atoms with Crippen LogP contribution in [0, 0.1) is 5.82 Å². The number of aromatic amines is 2. The summed E-state index contributed by atoms with van der Waals surface area (Å²) in [6.45, 7) is 0.422. The molecule has 0 radical (unpaired) electrons. The van der Waals surface area contributed by atoms with Gasteiger partial charge in [0.2, 0.25) is 0 Å². The molecule has 0 saturated carbocycles. The Morgan fingerprint density at radius 3 is 3.00 bits per heavy atom. The lowest BCUT2D eigenvalue weighted by Gasteiger charge is -2.15. The molecule has 1 aliphatic carbocycles. The number of hydrogen-bond acceptors (Lipinski definition) is 3. The zero-order valence-corrected chi connectivity index (χ0v) is 15.1. The summed E-state index contributed by atoms with van der Waals surface area (Å²) in [4.78, 5) is 20.1. The van der Waals surface area contributed by atoms with Gasteiger partial charge >= 0.3 is 0 Å². The topological polar surface area (TPSA) is 86.5 Å². The first-order valence-corrected chi connectivity index (χ1v) is 9.27. The lowest BCUT2D eigenvalue weighted by molar-refractivity contribution is 0.0948. The van der Waals surface area contributed by atoms with Crippen LogP contribution in [-0.4, -0.2) is 32.6 Å². The van der Waals surface area contributed by atoms with Gasteiger partial charge in [-0.3, -0.25) is 9.89 Å². The van der Waals surface area contributed by atoms with Gasteiger partial charge in [-0.1, -0.05) is 24.3 Å². The second-order valence-corrected chi connectivity index (χ2v) is 6.93. The zero-order valence-electron chi connectivity index (χ0n) is 15.1. The SMILES string of the molecule is O=C(NCCc1nc2ccc(F)cc2[nH]1)c1[nH]nc2c1CCc1ccccc1-2. The summed E-state index contributed by atoms with van der Waals surface area (Å²) in [6.07, 6.45) is 2.22. The summed E-state index contributed by atoms with van der Waals surface area (Å²) in [5, 5.41) is 10.2. The van der Waals surface area contributed by atoms with Gasteiger partial charge in [0.15, 0.2) is 0 Å². The number of halogens is 1. The largest absolute Gasteiger partial charge is 0.350 e. The number of aromatic nitrogens is 4. The van der Waals surface area contributed by atoms with Crippen LogP contribution in [0.25, 0.3) is 22.3 Å². The number of imidazole rings is 1. The third kappa shape index (κ3) is 2.85. The standard InChI is InChI=1S/C21H18FN5O/c22-13-6-8-16-17(11-13)25-18(24-16)9-10-23-21(28)20-15-7-5-12-3-1-2-4-14(12)19(15)26-27-20/h1-4,6,8,11H,5,7,9-10H2,(H,23,28)(H,24,25)(H,26,27). The van der Waals surface area contributed by atoms with Crippen LogP contribution in [0.15, 0.2) is 42.5 Å². The molecule has 3 N–H and O–H groups in total. The van der Waals surface area contributed by atoms with Gasteiger partial charge in [0, 0.05) is 24.1 Å². The molecule has 0 atom stereocenters. The van der Waals surface area contributed by atoms with Crippen molar-refractivity contribution < 1.29 is 9.18 Å². The molecule has 6 nitrogen and oxygen atoms in total. The number of carbonyl (C=O) groups excluding carboxylic acids is 1. The number of hydrogen-bond donors (Lipinski definition) is 3. The minimum atomic E-state index is -0.304. The molecule has 5 rings (SSSR count). The Morgan fingerprint density at radius 2 is 2.07 bits per heavy atom. The number of carbonyl (C=O) groups is 1. The summed E-state index contributed by atoms with van der Waals surface area (Å²) in [5.74, 6) is 0.235. The van der Waals surface area contributed by atoms with Crippen molar-refractivity contribution in [2.24, 2.45) is 0 Å². The van der Waals surface area contributed by atoms with Crippen LogP contribution < -0.4 is 5.32 Å². The Morgan fingerprint density at radius 1 is 1.18 bits per heavy atom. The van der Waals surface area contributed by atoms with E-state index in [1.165, 1.54) is 17.7 Å². The van der Waals surface area contributed by atoms with E-state index in [2.05, 4.69) is 31.5 Å². The van der Waals surface area contributed by atoms with Gasteiger partial charge in [-0.2, -0.15) is 5.10 Å². The molecule has 7 heteroatoms. The zero-order chi connectivity index (χ0) is 19.1. The van der Waals surface area contributed by atoms with Crippen molar-refractivity contribution in [2.45, 2.75) is 19.3 Å². The minimum Gasteiger partial charge on any atom is -0.350 e. The number of rotatable bonds is 4. The van der Waals surface area contributed by atoms with Crippen molar-refractivity contribution in [2.75, 3.05) is 6.54 Å². The minimum absolute atomic E-state index is 0.171. The predicted octanol–water partition coefficient (Wildman–Crippen LogP) is 3.16. The van der Waals surface area contributed by atoms with Gasteiger partial charge in [0.25, 0.3) is 5.91 Å². The Balaban J connectivity index is 1.28. The molecule has 0 fully saturated rings. The Kier molecular flexibility index (Phi) is 3.93. The fourth-order valence-corrected chi connectivity index (χ4v) is 3.78. The highest BCUT2D eigenvalue weighted by atomic mass is 19.1. The van der Waals surface area contributed by atoms with Crippen molar-refractivity contribution >= 4 is 16.9 Å².